The van der Waals surface area contributed by atoms with Gasteiger partial charge in [0, 0.05) is 23.2 Å². The van der Waals surface area contributed by atoms with Crippen LogP contribution in [-0.4, -0.2) is 35.1 Å². The molecule has 0 bridgehead atoms. The number of aromatic carboxylic acids is 1. The molecule has 1 heterocycles. The number of hydrogen-bond acceptors (Lipinski definition) is 2. The average molecular weight is 341 g/mol. The summed E-state index contributed by atoms with van der Waals surface area (Å²) in [7, 11) is 0. The van der Waals surface area contributed by atoms with Crippen LogP contribution in [0.2, 0.25) is 0 Å². The number of carboxylic acid groups (broad SMARTS) is 1. The van der Waals surface area contributed by atoms with Crippen molar-refractivity contribution in [3.05, 3.63) is 28.2 Å². The molecule has 20 heavy (non-hydrogen) atoms. The van der Waals surface area contributed by atoms with Crippen molar-refractivity contribution in [2.45, 2.75) is 13.8 Å². The van der Waals surface area contributed by atoms with E-state index in [0.717, 1.165) is 13.1 Å². The second-order valence-corrected chi connectivity index (χ2v) is 6.14. The fourth-order valence-electron chi connectivity index (χ4n) is 2.26. The van der Waals surface area contributed by atoms with E-state index in [9.17, 15) is 9.59 Å². The molecule has 0 saturated carbocycles. The molecule has 1 aromatic rings. The fourth-order valence-corrected chi connectivity index (χ4v) is 2.68. The summed E-state index contributed by atoms with van der Waals surface area (Å²) in [5.41, 5.74) is 0.619. The highest BCUT2D eigenvalue weighted by Gasteiger charge is 2.29. The van der Waals surface area contributed by atoms with Crippen LogP contribution in [0.4, 0.5) is 10.5 Å². The van der Waals surface area contributed by atoms with E-state index in [2.05, 4.69) is 35.1 Å². The Labute approximate surface area is 126 Å². The molecule has 1 aliphatic heterocycles. The minimum Gasteiger partial charge on any atom is -0.478 e. The van der Waals surface area contributed by atoms with Crippen molar-refractivity contribution in [1.29, 1.82) is 0 Å². The Morgan fingerprint density at radius 2 is 1.90 bits per heavy atom. The lowest BCUT2D eigenvalue weighted by Gasteiger charge is -2.17. The first-order valence-electron chi connectivity index (χ1n) is 6.47. The number of anilines is 1. The Hall–Kier alpha value is -1.56. The first-order valence-corrected chi connectivity index (χ1v) is 7.26. The third-order valence-electron chi connectivity index (χ3n) is 3.72. The van der Waals surface area contributed by atoms with Crippen molar-refractivity contribution in [2.24, 2.45) is 11.8 Å². The summed E-state index contributed by atoms with van der Waals surface area (Å²) in [5, 5.41) is 11.8. The molecule has 0 aliphatic carbocycles. The van der Waals surface area contributed by atoms with Gasteiger partial charge < -0.3 is 15.3 Å². The molecule has 2 N–H and O–H groups in total. The molecule has 5 nitrogen and oxygen atoms in total. The number of carbonyl (C=O) groups excluding carboxylic acids is 1. The number of rotatable bonds is 2. The van der Waals surface area contributed by atoms with Gasteiger partial charge >= 0.3 is 12.0 Å². The van der Waals surface area contributed by atoms with Gasteiger partial charge in [-0.3, -0.25) is 0 Å². The maximum absolute atomic E-state index is 12.1. The molecular formula is C14H17BrN2O3. The molecule has 6 heteroatoms. The van der Waals surface area contributed by atoms with E-state index < -0.39 is 5.97 Å². The summed E-state index contributed by atoms with van der Waals surface area (Å²) < 4.78 is 0.492. The van der Waals surface area contributed by atoms with E-state index in [1.807, 2.05) is 0 Å². The van der Waals surface area contributed by atoms with Crippen LogP contribution in [0.15, 0.2) is 22.7 Å². The molecule has 1 aromatic carbocycles. The molecular weight excluding hydrogens is 324 g/mol. The van der Waals surface area contributed by atoms with Gasteiger partial charge in [0.15, 0.2) is 0 Å². The van der Waals surface area contributed by atoms with E-state index in [1.54, 1.807) is 17.0 Å². The molecule has 2 amide bonds. The fraction of sp³-hybridized carbons (Fsp3) is 0.429. The average Bonchev–Trinajstić information content (AvgIpc) is 2.72. The largest absolute Gasteiger partial charge is 0.478 e. The number of hydrogen-bond donors (Lipinski definition) is 2. The SMILES string of the molecule is CC1CN(C(=O)Nc2ccc(Br)c(C(=O)O)c2)CC1C. The minimum atomic E-state index is -1.03. The van der Waals surface area contributed by atoms with Crippen LogP contribution in [0, 0.1) is 11.8 Å². The summed E-state index contributed by atoms with van der Waals surface area (Å²) in [6, 6.07) is 4.57. The summed E-state index contributed by atoms with van der Waals surface area (Å²) in [4.78, 5) is 24.9. The molecule has 0 aromatic heterocycles. The summed E-state index contributed by atoms with van der Waals surface area (Å²) in [6.07, 6.45) is 0. The Kier molecular flexibility index (Phi) is 4.32. The molecule has 1 aliphatic rings. The van der Waals surface area contributed by atoms with Gasteiger partial charge in [-0.05, 0) is 46.0 Å². The highest BCUT2D eigenvalue weighted by molar-refractivity contribution is 9.10. The third-order valence-corrected chi connectivity index (χ3v) is 4.41. The van der Waals surface area contributed by atoms with Gasteiger partial charge in [-0.25, -0.2) is 9.59 Å². The molecule has 1 fully saturated rings. The Balaban J connectivity index is 2.09. The number of nitrogens with one attached hydrogen (secondary N) is 1. The zero-order chi connectivity index (χ0) is 14.9. The van der Waals surface area contributed by atoms with Gasteiger partial charge in [0.25, 0.3) is 0 Å². The number of benzene rings is 1. The van der Waals surface area contributed by atoms with Gasteiger partial charge in [-0.1, -0.05) is 13.8 Å². The van der Waals surface area contributed by atoms with Crippen molar-refractivity contribution in [3.63, 3.8) is 0 Å². The second kappa shape index (κ2) is 5.83. The zero-order valence-corrected chi connectivity index (χ0v) is 13.0. The van der Waals surface area contributed by atoms with E-state index >= 15 is 0 Å². The van der Waals surface area contributed by atoms with Crippen LogP contribution in [0.25, 0.3) is 0 Å². The van der Waals surface area contributed by atoms with Gasteiger partial charge in [0.1, 0.15) is 0 Å². The monoisotopic (exact) mass is 340 g/mol. The van der Waals surface area contributed by atoms with Gasteiger partial charge in [0.05, 0.1) is 5.56 Å². The van der Waals surface area contributed by atoms with Crippen molar-refractivity contribution in [2.75, 3.05) is 18.4 Å². The quantitative estimate of drug-likeness (QED) is 0.867. The number of halogens is 1. The van der Waals surface area contributed by atoms with Gasteiger partial charge in [-0.15, -0.1) is 0 Å². The van der Waals surface area contributed by atoms with Crippen molar-refractivity contribution in [3.8, 4) is 0 Å². The predicted octanol–water partition coefficient (Wildman–Crippen LogP) is 3.27. The van der Waals surface area contributed by atoms with Crippen LogP contribution in [0.1, 0.15) is 24.2 Å². The lowest BCUT2D eigenvalue weighted by atomic mass is 10.0. The molecule has 2 atom stereocenters. The second-order valence-electron chi connectivity index (χ2n) is 5.29. The van der Waals surface area contributed by atoms with Crippen molar-refractivity contribution >= 4 is 33.6 Å². The third kappa shape index (κ3) is 3.12. The highest BCUT2D eigenvalue weighted by Crippen LogP contribution is 2.24. The molecule has 1 saturated heterocycles. The first-order chi connectivity index (χ1) is 9.38. The van der Waals surface area contributed by atoms with Gasteiger partial charge in [-0.2, -0.15) is 0 Å². The summed E-state index contributed by atoms with van der Waals surface area (Å²) in [5.74, 6) is -0.0584. The number of carboxylic acids is 1. The van der Waals surface area contributed by atoms with E-state index in [0.29, 0.717) is 22.0 Å². The predicted molar refractivity (Wildman–Crippen MR) is 80.0 cm³/mol. The number of carbonyl (C=O) groups is 2. The first kappa shape index (κ1) is 14.8. The highest BCUT2D eigenvalue weighted by atomic mass is 79.9. The lowest BCUT2D eigenvalue weighted by Crippen LogP contribution is -2.33. The zero-order valence-electron chi connectivity index (χ0n) is 11.4. The number of urea groups is 1. The van der Waals surface area contributed by atoms with Crippen LogP contribution in [0.5, 0.6) is 0 Å². The number of amides is 2. The van der Waals surface area contributed by atoms with Crippen molar-refractivity contribution in [1.82, 2.24) is 4.90 Å². The lowest BCUT2D eigenvalue weighted by molar-refractivity contribution is 0.0696. The maximum atomic E-state index is 12.1. The van der Waals surface area contributed by atoms with E-state index in [-0.39, 0.29) is 11.6 Å². The molecule has 0 radical (unpaired) electrons. The van der Waals surface area contributed by atoms with E-state index in [4.69, 9.17) is 5.11 Å². The normalized spacial score (nSPS) is 21.9. The van der Waals surface area contributed by atoms with Crippen LogP contribution in [-0.2, 0) is 0 Å². The van der Waals surface area contributed by atoms with Crippen molar-refractivity contribution < 1.29 is 14.7 Å². The number of nitrogens with zero attached hydrogens (tertiary/aromatic N) is 1. The smallest absolute Gasteiger partial charge is 0.336 e. The summed E-state index contributed by atoms with van der Waals surface area (Å²) in [6.45, 7) is 5.71. The Morgan fingerprint density at radius 3 is 2.45 bits per heavy atom. The standard InChI is InChI=1S/C14H17BrN2O3/c1-8-6-17(7-9(8)2)14(20)16-10-3-4-12(15)11(5-10)13(18)19/h3-5,8-9H,6-7H2,1-2H3,(H,16,20)(H,18,19). The van der Waals surface area contributed by atoms with Crippen LogP contribution >= 0.6 is 15.9 Å². The molecule has 0 spiro atoms. The molecule has 2 rings (SSSR count). The van der Waals surface area contributed by atoms with Gasteiger partial charge in [0.2, 0.25) is 0 Å². The van der Waals surface area contributed by atoms with Crippen LogP contribution in [0.3, 0.4) is 0 Å². The van der Waals surface area contributed by atoms with E-state index in [1.165, 1.54) is 6.07 Å². The minimum absolute atomic E-state index is 0.131. The Bertz CT molecular complexity index is 537. The van der Waals surface area contributed by atoms with Crippen LogP contribution < -0.4 is 5.32 Å². The summed E-state index contributed by atoms with van der Waals surface area (Å²) >= 11 is 3.18. The maximum Gasteiger partial charge on any atom is 0.336 e. The topological polar surface area (TPSA) is 69.6 Å². The number of likely N-dealkylation sites (tertiary alicyclic amines) is 1. The molecule has 2 unspecified atom stereocenters. The molecule has 108 valence electrons. The Morgan fingerprint density at radius 1 is 1.30 bits per heavy atom.